The molecule has 27 heavy (non-hydrogen) atoms. The van der Waals surface area contributed by atoms with Gasteiger partial charge in [0.15, 0.2) is 0 Å². The second-order valence-electron chi connectivity index (χ2n) is 6.48. The summed E-state index contributed by atoms with van der Waals surface area (Å²) in [5.41, 5.74) is 2.84. The minimum atomic E-state index is -0.334. The number of rotatable bonds is 3. The van der Waals surface area contributed by atoms with E-state index in [9.17, 15) is 9.18 Å². The second-order valence-corrected chi connectivity index (χ2v) is 7.36. The van der Waals surface area contributed by atoms with E-state index in [0.717, 1.165) is 24.2 Å². The van der Waals surface area contributed by atoms with Crippen molar-refractivity contribution < 1.29 is 9.18 Å². The minimum Gasteiger partial charge on any atom is -0.336 e. The highest BCUT2D eigenvalue weighted by Crippen LogP contribution is 2.32. The molecule has 0 spiro atoms. The number of fused-ring (bicyclic) bond motifs is 1. The Hall–Kier alpha value is -2.44. The van der Waals surface area contributed by atoms with Crippen LogP contribution in [-0.4, -0.2) is 52.5 Å². The first-order valence-electron chi connectivity index (χ1n) is 8.89. The fourth-order valence-corrected chi connectivity index (χ4v) is 4.02. The zero-order valence-corrected chi connectivity index (χ0v) is 15.9. The van der Waals surface area contributed by atoms with Gasteiger partial charge in [0, 0.05) is 43.3 Å². The van der Waals surface area contributed by atoms with Crippen LogP contribution in [0.3, 0.4) is 0 Å². The number of hydrogen-bond acceptors (Lipinski definition) is 4. The summed E-state index contributed by atoms with van der Waals surface area (Å²) in [6.07, 6.45) is 3.68. The van der Waals surface area contributed by atoms with Crippen molar-refractivity contribution in [3.63, 3.8) is 0 Å². The Labute approximate surface area is 162 Å². The molecule has 0 radical (unpaired) electrons. The van der Waals surface area contributed by atoms with Crippen LogP contribution < -0.4 is 0 Å². The number of aromatic nitrogens is 1. The quantitative estimate of drug-likeness (QED) is 0.641. The van der Waals surface area contributed by atoms with Crippen LogP contribution in [0.4, 0.5) is 4.39 Å². The maximum atomic E-state index is 14.0. The lowest BCUT2D eigenvalue weighted by atomic mass is 9.95. The van der Waals surface area contributed by atoms with Gasteiger partial charge in [0.05, 0.1) is 11.1 Å². The first-order valence-corrected chi connectivity index (χ1v) is 10.1. The van der Waals surface area contributed by atoms with Crippen LogP contribution in [0.1, 0.15) is 10.4 Å². The highest BCUT2D eigenvalue weighted by molar-refractivity contribution is 7.96. The van der Waals surface area contributed by atoms with Crippen LogP contribution in [0.2, 0.25) is 0 Å². The van der Waals surface area contributed by atoms with Crippen LogP contribution in [0.15, 0.2) is 54.7 Å². The number of carbonyl (C=O) groups is 1. The molecule has 6 heteroatoms. The standard InChI is InChI=1S/C21H20FN3OS/c1-27-25-11-9-24(10-12-25)21(26)18-14-23-19-8-7-16(22)13-17(19)20(18)15-5-3-2-4-6-15/h2-8,13-14H,9-12H2,1H3. The molecule has 2 heterocycles. The molecule has 4 rings (SSSR count). The predicted octanol–water partition coefficient (Wildman–Crippen LogP) is 4.08. The van der Waals surface area contributed by atoms with Crippen molar-refractivity contribution in [2.24, 2.45) is 0 Å². The van der Waals surface area contributed by atoms with Crippen LogP contribution in [0.25, 0.3) is 22.0 Å². The number of hydrogen-bond donors (Lipinski definition) is 0. The van der Waals surface area contributed by atoms with Gasteiger partial charge in [-0.3, -0.25) is 9.78 Å². The summed E-state index contributed by atoms with van der Waals surface area (Å²) in [5, 5.41) is 0.662. The third kappa shape index (κ3) is 3.55. The number of amides is 1. The monoisotopic (exact) mass is 381 g/mol. The fourth-order valence-electron chi connectivity index (χ4n) is 3.49. The fraction of sp³-hybridized carbons (Fsp3) is 0.238. The van der Waals surface area contributed by atoms with Gasteiger partial charge >= 0.3 is 0 Å². The van der Waals surface area contributed by atoms with E-state index in [4.69, 9.17) is 0 Å². The normalized spacial score (nSPS) is 15.3. The first-order chi connectivity index (χ1) is 13.2. The summed E-state index contributed by atoms with van der Waals surface area (Å²) in [6, 6.07) is 14.2. The van der Waals surface area contributed by atoms with Gasteiger partial charge < -0.3 is 4.90 Å². The number of halogens is 1. The predicted molar refractivity (Wildman–Crippen MR) is 108 cm³/mol. The molecule has 1 fully saturated rings. The number of benzene rings is 2. The molecule has 1 aliphatic rings. The lowest BCUT2D eigenvalue weighted by molar-refractivity contribution is 0.0704. The molecular weight excluding hydrogens is 361 g/mol. The summed E-state index contributed by atoms with van der Waals surface area (Å²) < 4.78 is 16.2. The first kappa shape index (κ1) is 17.9. The summed E-state index contributed by atoms with van der Waals surface area (Å²) in [6.45, 7) is 3.02. The Morgan fingerprint density at radius 2 is 1.81 bits per heavy atom. The number of pyridine rings is 1. The molecule has 1 aliphatic heterocycles. The van der Waals surface area contributed by atoms with Gasteiger partial charge in [0.25, 0.3) is 5.91 Å². The van der Waals surface area contributed by atoms with E-state index in [1.54, 1.807) is 24.2 Å². The Morgan fingerprint density at radius 3 is 2.52 bits per heavy atom. The lowest BCUT2D eigenvalue weighted by Crippen LogP contribution is -2.46. The molecule has 0 saturated carbocycles. The van der Waals surface area contributed by atoms with Crippen molar-refractivity contribution in [3.05, 3.63) is 66.1 Å². The largest absolute Gasteiger partial charge is 0.336 e. The second kappa shape index (κ2) is 7.66. The Kier molecular flexibility index (Phi) is 5.09. The number of nitrogens with zero attached hydrogens (tertiary/aromatic N) is 3. The molecule has 0 aliphatic carbocycles. The van der Waals surface area contributed by atoms with E-state index < -0.39 is 0 Å². The Morgan fingerprint density at radius 1 is 1.07 bits per heavy atom. The third-order valence-electron chi connectivity index (χ3n) is 4.91. The SMILES string of the molecule is CSN1CCN(C(=O)c2cnc3ccc(F)cc3c2-c2ccccc2)CC1. The zero-order valence-electron chi connectivity index (χ0n) is 15.1. The molecule has 3 aromatic rings. The van der Waals surface area contributed by atoms with Crippen molar-refractivity contribution in [1.29, 1.82) is 0 Å². The van der Waals surface area contributed by atoms with E-state index in [-0.39, 0.29) is 11.7 Å². The Bertz CT molecular complexity index is 972. The van der Waals surface area contributed by atoms with Gasteiger partial charge in [-0.05, 0) is 30.0 Å². The highest BCUT2D eigenvalue weighted by atomic mass is 32.2. The summed E-state index contributed by atoms with van der Waals surface area (Å²) in [5.74, 6) is -0.382. The maximum Gasteiger partial charge on any atom is 0.256 e. The molecule has 0 N–H and O–H groups in total. The van der Waals surface area contributed by atoms with Crippen molar-refractivity contribution >= 4 is 28.8 Å². The topological polar surface area (TPSA) is 36.4 Å². The summed E-state index contributed by atoms with van der Waals surface area (Å²) in [4.78, 5) is 19.6. The zero-order chi connectivity index (χ0) is 18.8. The van der Waals surface area contributed by atoms with Crippen LogP contribution in [0, 0.1) is 5.82 Å². The van der Waals surface area contributed by atoms with Gasteiger partial charge in [-0.2, -0.15) is 0 Å². The van der Waals surface area contributed by atoms with E-state index in [0.29, 0.717) is 29.6 Å². The van der Waals surface area contributed by atoms with Crippen molar-refractivity contribution in [2.75, 3.05) is 32.4 Å². The van der Waals surface area contributed by atoms with E-state index in [1.807, 2.05) is 41.5 Å². The van der Waals surface area contributed by atoms with Crippen molar-refractivity contribution in [3.8, 4) is 11.1 Å². The molecule has 1 saturated heterocycles. The molecule has 0 unspecified atom stereocenters. The average molecular weight is 381 g/mol. The van der Waals surface area contributed by atoms with E-state index in [1.165, 1.54) is 12.1 Å². The Balaban J connectivity index is 1.82. The smallest absolute Gasteiger partial charge is 0.256 e. The van der Waals surface area contributed by atoms with E-state index >= 15 is 0 Å². The molecule has 2 aromatic carbocycles. The molecule has 1 aromatic heterocycles. The summed E-state index contributed by atoms with van der Waals surface area (Å²) in [7, 11) is 0. The molecular formula is C21H20FN3OS. The van der Waals surface area contributed by atoms with E-state index in [2.05, 4.69) is 9.29 Å². The summed E-state index contributed by atoms with van der Waals surface area (Å²) >= 11 is 1.70. The molecule has 138 valence electrons. The van der Waals surface area contributed by atoms with Gasteiger partial charge in [-0.15, -0.1) is 0 Å². The van der Waals surface area contributed by atoms with Crippen LogP contribution in [0.5, 0.6) is 0 Å². The number of carbonyl (C=O) groups excluding carboxylic acids is 1. The van der Waals surface area contributed by atoms with Gasteiger partial charge in [-0.25, -0.2) is 8.70 Å². The van der Waals surface area contributed by atoms with Crippen molar-refractivity contribution in [2.45, 2.75) is 0 Å². The molecule has 0 atom stereocenters. The van der Waals surface area contributed by atoms with Gasteiger partial charge in [0.1, 0.15) is 5.82 Å². The maximum absolute atomic E-state index is 14.0. The molecule has 0 bridgehead atoms. The van der Waals surface area contributed by atoms with Crippen LogP contribution in [-0.2, 0) is 0 Å². The lowest BCUT2D eigenvalue weighted by Gasteiger charge is -2.33. The average Bonchev–Trinajstić information content (AvgIpc) is 2.73. The minimum absolute atomic E-state index is 0.0479. The van der Waals surface area contributed by atoms with Gasteiger partial charge in [-0.1, -0.05) is 42.3 Å². The highest BCUT2D eigenvalue weighted by Gasteiger charge is 2.25. The number of piperazine rings is 1. The van der Waals surface area contributed by atoms with Crippen molar-refractivity contribution in [1.82, 2.24) is 14.2 Å². The third-order valence-corrected chi connectivity index (χ3v) is 5.79. The molecule has 4 nitrogen and oxygen atoms in total. The van der Waals surface area contributed by atoms with Gasteiger partial charge in [0.2, 0.25) is 0 Å². The molecule has 1 amide bonds. The van der Waals surface area contributed by atoms with Crippen LogP contribution >= 0.6 is 11.9 Å².